The first-order chi connectivity index (χ1) is 10.7. The zero-order valence-corrected chi connectivity index (χ0v) is 14.7. The van der Waals surface area contributed by atoms with E-state index in [2.05, 4.69) is 26.8 Å². The first-order valence-electron chi connectivity index (χ1n) is 9.38. The van der Waals surface area contributed by atoms with Crippen LogP contribution in [0.5, 0.6) is 0 Å². The van der Waals surface area contributed by atoms with Crippen molar-refractivity contribution in [1.29, 1.82) is 0 Å². The average molecular weight is 308 g/mol. The molecule has 0 heterocycles. The molecule has 2 aliphatic rings. The molecule has 0 aromatic heterocycles. The Kier molecular flexibility index (Phi) is 6.98. The highest BCUT2D eigenvalue weighted by Crippen LogP contribution is 2.44. The summed E-state index contributed by atoms with van der Waals surface area (Å²) in [4.78, 5) is 0. The summed E-state index contributed by atoms with van der Waals surface area (Å²) in [5.41, 5.74) is 2.86. The minimum Gasteiger partial charge on any atom is -0.498 e. The molecule has 0 aromatic rings. The zero-order valence-electron chi connectivity index (χ0n) is 14.7. The van der Waals surface area contributed by atoms with Gasteiger partial charge in [0.15, 0.2) is 0 Å². The largest absolute Gasteiger partial charge is 0.498 e. The van der Waals surface area contributed by atoms with E-state index in [0.717, 1.165) is 25.4 Å². The molecule has 3 atom stereocenters. The molecular weight excluding hydrogens is 275 g/mol. The van der Waals surface area contributed by atoms with Gasteiger partial charge in [0.2, 0.25) is 0 Å². The summed E-state index contributed by atoms with van der Waals surface area (Å²) in [6.07, 6.45) is 11.1. The molecule has 0 unspecified atom stereocenters. The molecule has 126 valence electrons. The minimum atomic E-state index is -0.638. The van der Waals surface area contributed by atoms with Gasteiger partial charge in [-0.25, -0.2) is 4.39 Å². The number of allylic oxidation sites excluding steroid dienone is 4. The molecule has 0 bridgehead atoms. The van der Waals surface area contributed by atoms with Crippen LogP contribution in [0.2, 0.25) is 0 Å². The molecule has 0 aromatic carbocycles. The van der Waals surface area contributed by atoms with Crippen LogP contribution >= 0.6 is 0 Å². The van der Waals surface area contributed by atoms with Crippen LogP contribution in [-0.4, -0.2) is 12.8 Å². The third-order valence-electron chi connectivity index (χ3n) is 5.30. The predicted molar refractivity (Wildman–Crippen MR) is 91.5 cm³/mol. The first kappa shape index (κ1) is 17.6. The maximum absolute atomic E-state index is 13.5. The summed E-state index contributed by atoms with van der Waals surface area (Å²) < 4.78 is 19.6. The summed E-state index contributed by atoms with van der Waals surface area (Å²) in [6, 6.07) is 0. The second-order valence-electron chi connectivity index (χ2n) is 6.92. The first-order valence-corrected chi connectivity index (χ1v) is 9.38. The van der Waals surface area contributed by atoms with Crippen LogP contribution in [0, 0.1) is 11.8 Å². The SMILES string of the molecule is CCCC[C@H]1C[C@@H](CC)CC(OCC)=C1C1=CC[C@H](F)CC1. The van der Waals surface area contributed by atoms with Crippen molar-refractivity contribution in [3.8, 4) is 0 Å². The molecule has 0 saturated carbocycles. The summed E-state index contributed by atoms with van der Waals surface area (Å²) in [7, 11) is 0. The Morgan fingerprint density at radius 1 is 1.27 bits per heavy atom. The van der Waals surface area contributed by atoms with Gasteiger partial charge in [0.25, 0.3) is 0 Å². The van der Waals surface area contributed by atoms with E-state index >= 15 is 0 Å². The summed E-state index contributed by atoms with van der Waals surface area (Å²) in [5.74, 6) is 2.61. The van der Waals surface area contributed by atoms with Crippen LogP contribution in [0.3, 0.4) is 0 Å². The number of ether oxygens (including phenoxy) is 1. The van der Waals surface area contributed by atoms with Crippen LogP contribution in [0.25, 0.3) is 0 Å². The van der Waals surface area contributed by atoms with Gasteiger partial charge in [-0.3, -0.25) is 0 Å². The second kappa shape index (κ2) is 8.74. The smallest absolute Gasteiger partial charge is 0.104 e. The summed E-state index contributed by atoms with van der Waals surface area (Å²) >= 11 is 0. The number of unbranched alkanes of at least 4 members (excludes halogenated alkanes) is 1. The van der Waals surface area contributed by atoms with Gasteiger partial charge in [0, 0.05) is 6.42 Å². The van der Waals surface area contributed by atoms with E-state index in [9.17, 15) is 4.39 Å². The van der Waals surface area contributed by atoms with Gasteiger partial charge < -0.3 is 4.74 Å². The van der Waals surface area contributed by atoms with E-state index in [1.807, 2.05) is 0 Å². The molecule has 0 fully saturated rings. The third-order valence-corrected chi connectivity index (χ3v) is 5.30. The van der Waals surface area contributed by atoms with Gasteiger partial charge in [-0.05, 0) is 62.0 Å². The van der Waals surface area contributed by atoms with Crippen molar-refractivity contribution in [2.24, 2.45) is 11.8 Å². The molecule has 1 nitrogen and oxygen atoms in total. The lowest BCUT2D eigenvalue weighted by molar-refractivity contribution is 0.175. The summed E-state index contributed by atoms with van der Waals surface area (Å²) in [6.45, 7) is 7.38. The van der Waals surface area contributed by atoms with Gasteiger partial charge in [-0.2, -0.15) is 0 Å². The Labute approximate surface area is 136 Å². The lowest BCUT2D eigenvalue weighted by atomic mass is 9.72. The fourth-order valence-electron chi connectivity index (χ4n) is 4.03. The van der Waals surface area contributed by atoms with Crippen molar-refractivity contribution in [3.63, 3.8) is 0 Å². The maximum Gasteiger partial charge on any atom is 0.104 e. The van der Waals surface area contributed by atoms with Gasteiger partial charge in [0.1, 0.15) is 6.17 Å². The van der Waals surface area contributed by atoms with E-state index in [1.54, 1.807) is 0 Å². The molecule has 2 heteroatoms. The van der Waals surface area contributed by atoms with E-state index in [1.165, 1.54) is 49.0 Å². The Hall–Kier alpha value is -0.790. The Bertz CT molecular complexity index is 410. The van der Waals surface area contributed by atoms with E-state index in [4.69, 9.17) is 4.74 Å². The maximum atomic E-state index is 13.5. The number of halogens is 1. The van der Waals surface area contributed by atoms with Crippen molar-refractivity contribution in [3.05, 3.63) is 23.0 Å². The van der Waals surface area contributed by atoms with Crippen molar-refractivity contribution < 1.29 is 9.13 Å². The molecule has 2 aliphatic carbocycles. The standard InChI is InChI=1S/C20H33FO/c1-4-7-8-17-13-15(5-2)14-19(22-6-3)20(17)16-9-11-18(21)12-10-16/h9,15,17-18H,4-8,10-14H2,1-3H3/t15-,17+,18+/m1/s1. The van der Waals surface area contributed by atoms with Crippen molar-refractivity contribution in [1.82, 2.24) is 0 Å². The van der Waals surface area contributed by atoms with Crippen LogP contribution in [-0.2, 0) is 4.74 Å². The van der Waals surface area contributed by atoms with E-state index in [0.29, 0.717) is 18.8 Å². The molecule has 0 spiro atoms. The molecule has 0 radical (unpaired) electrons. The second-order valence-corrected chi connectivity index (χ2v) is 6.92. The molecule has 0 amide bonds. The lowest BCUT2D eigenvalue weighted by Gasteiger charge is -2.35. The monoisotopic (exact) mass is 308 g/mol. The highest BCUT2D eigenvalue weighted by atomic mass is 19.1. The quantitative estimate of drug-likeness (QED) is 0.532. The molecule has 0 saturated heterocycles. The minimum absolute atomic E-state index is 0.593. The third kappa shape index (κ3) is 4.36. The topological polar surface area (TPSA) is 9.23 Å². The van der Waals surface area contributed by atoms with Crippen molar-refractivity contribution in [2.45, 2.75) is 84.7 Å². The Morgan fingerprint density at radius 3 is 2.68 bits per heavy atom. The van der Waals surface area contributed by atoms with Gasteiger partial charge >= 0.3 is 0 Å². The van der Waals surface area contributed by atoms with Crippen LogP contribution in [0.1, 0.15) is 78.6 Å². The molecular formula is C20H33FO. The van der Waals surface area contributed by atoms with Crippen LogP contribution in [0.15, 0.2) is 23.0 Å². The molecule has 0 N–H and O–H groups in total. The zero-order chi connectivity index (χ0) is 15.9. The number of alkyl halides is 1. The fourth-order valence-corrected chi connectivity index (χ4v) is 4.03. The van der Waals surface area contributed by atoms with E-state index < -0.39 is 6.17 Å². The number of rotatable bonds is 7. The molecule has 22 heavy (non-hydrogen) atoms. The summed E-state index contributed by atoms with van der Waals surface area (Å²) in [5, 5.41) is 0. The molecule has 2 rings (SSSR count). The van der Waals surface area contributed by atoms with E-state index in [-0.39, 0.29) is 0 Å². The highest BCUT2D eigenvalue weighted by Gasteiger charge is 2.32. The van der Waals surface area contributed by atoms with Gasteiger partial charge in [-0.15, -0.1) is 0 Å². The normalized spacial score (nSPS) is 29.5. The number of hydrogen-bond donors (Lipinski definition) is 0. The highest BCUT2D eigenvalue weighted by molar-refractivity contribution is 5.38. The average Bonchev–Trinajstić information content (AvgIpc) is 2.54. The molecule has 0 aliphatic heterocycles. The number of hydrogen-bond acceptors (Lipinski definition) is 1. The van der Waals surface area contributed by atoms with Gasteiger partial charge in [-0.1, -0.05) is 39.2 Å². The fraction of sp³-hybridized carbons (Fsp3) is 0.800. The Balaban J connectivity index is 2.29. The predicted octanol–water partition coefficient (Wildman–Crippen LogP) is 6.35. The van der Waals surface area contributed by atoms with Crippen molar-refractivity contribution >= 4 is 0 Å². The lowest BCUT2D eigenvalue weighted by Crippen LogP contribution is -2.23. The van der Waals surface area contributed by atoms with Crippen molar-refractivity contribution in [2.75, 3.05) is 6.61 Å². The van der Waals surface area contributed by atoms with Crippen LogP contribution in [0.4, 0.5) is 4.39 Å². The van der Waals surface area contributed by atoms with Gasteiger partial charge in [0.05, 0.1) is 12.4 Å². The van der Waals surface area contributed by atoms with Crippen LogP contribution < -0.4 is 0 Å². The Morgan fingerprint density at radius 2 is 2.09 bits per heavy atom.